The standard InChI is InChI=1S/C19H17N3O4/c1-25-19(24)16-8-15(5-6-17(16)23)26-11-12-9-21-18(22-10-12)13-3-2-4-14(20)7-13/h2-10,23H,11,20H2,1H3. The van der Waals surface area contributed by atoms with Crippen molar-refractivity contribution in [1.29, 1.82) is 0 Å². The van der Waals surface area contributed by atoms with E-state index in [0.717, 1.165) is 11.1 Å². The Hall–Kier alpha value is -3.61. The Bertz CT molecular complexity index is 926. The molecule has 7 heteroatoms. The van der Waals surface area contributed by atoms with Gasteiger partial charge in [0.2, 0.25) is 0 Å². The zero-order chi connectivity index (χ0) is 18.5. The lowest BCUT2D eigenvalue weighted by molar-refractivity contribution is 0.0597. The van der Waals surface area contributed by atoms with E-state index in [-0.39, 0.29) is 17.9 Å². The molecule has 132 valence electrons. The number of phenolic OH excluding ortho intramolecular Hbond substituents is 1. The lowest BCUT2D eigenvalue weighted by Crippen LogP contribution is -2.03. The molecule has 1 aromatic heterocycles. The van der Waals surface area contributed by atoms with Crippen molar-refractivity contribution in [3.05, 3.63) is 66.0 Å². The fourth-order valence-corrected chi connectivity index (χ4v) is 2.30. The molecule has 3 rings (SSSR count). The van der Waals surface area contributed by atoms with Gasteiger partial charge >= 0.3 is 5.97 Å². The zero-order valence-corrected chi connectivity index (χ0v) is 14.0. The SMILES string of the molecule is COC(=O)c1cc(OCc2cnc(-c3cccc(N)c3)nc2)ccc1O. The van der Waals surface area contributed by atoms with Crippen LogP contribution < -0.4 is 10.5 Å². The average molecular weight is 351 g/mol. The molecule has 0 aliphatic heterocycles. The second kappa shape index (κ2) is 7.52. The summed E-state index contributed by atoms with van der Waals surface area (Å²) in [6.07, 6.45) is 3.32. The van der Waals surface area contributed by atoms with Crippen molar-refractivity contribution in [2.75, 3.05) is 12.8 Å². The molecule has 2 aromatic carbocycles. The second-order valence-corrected chi connectivity index (χ2v) is 5.50. The van der Waals surface area contributed by atoms with E-state index in [9.17, 15) is 9.90 Å². The summed E-state index contributed by atoms with van der Waals surface area (Å²) in [6.45, 7) is 0.211. The zero-order valence-electron chi connectivity index (χ0n) is 14.0. The van der Waals surface area contributed by atoms with Crippen LogP contribution in [0.4, 0.5) is 5.69 Å². The van der Waals surface area contributed by atoms with E-state index in [2.05, 4.69) is 14.7 Å². The summed E-state index contributed by atoms with van der Waals surface area (Å²) in [6, 6.07) is 11.7. The highest BCUT2D eigenvalue weighted by Crippen LogP contribution is 2.24. The molecule has 0 radical (unpaired) electrons. The maximum atomic E-state index is 11.6. The summed E-state index contributed by atoms with van der Waals surface area (Å²) in [5.41, 5.74) is 8.04. The number of nitrogen functional groups attached to an aromatic ring is 1. The minimum atomic E-state index is -0.636. The van der Waals surface area contributed by atoms with Crippen molar-refractivity contribution in [1.82, 2.24) is 9.97 Å². The molecule has 0 aliphatic rings. The van der Waals surface area contributed by atoms with Crippen molar-refractivity contribution < 1.29 is 19.4 Å². The lowest BCUT2D eigenvalue weighted by atomic mass is 10.2. The van der Waals surface area contributed by atoms with Gasteiger partial charge in [-0.3, -0.25) is 0 Å². The number of carbonyl (C=O) groups is 1. The predicted octanol–water partition coefficient (Wildman–Crippen LogP) is 2.80. The number of aromatic nitrogens is 2. The topological polar surface area (TPSA) is 108 Å². The Balaban J connectivity index is 1.70. The van der Waals surface area contributed by atoms with Gasteiger partial charge in [0.05, 0.1) is 7.11 Å². The number of anilines is 1. The van der Waals surface area contributed by atoms with Gasteiger partial charge in [0.1, 0.15) is 23.7 Å². The van der Waals surface area contributed by atoms with E-state index in [0.29, 0.717) is 17.3 Å². The quantitative estimate of drug-likeness (QED) is 0.537. The fraction of sp³-hybridized carbons (Fsp3) is 0.105. The molecule has 0 saturated carbocycles. The number of hydrogen-bond acceptors (Lipinski definition) is 7. The Morgan fingerprint density at radius 2 is 1.92 bits per heavy atom. The molecule has 0 spiro atoms. The largest absolute Gasteiger partial charge is 0.507 e. The van der Waals surface area contributed by atoms with Crippen molar-refractivity contribution in [2.45, 2.75) is 6.61 Å². The molecular weight excluding hydrogens is 334 g/mol. The van der Waals surface area contributed by atoms with Gasteiger partial charge in [-0.2, -0.15) is 0 Å². The van der Waals surface area contributed by atoms with Crippen LogP contribution in [-0.4, -0.2) is 28.2 Å². The van der Waals surface area contributed by atoms with Gasteiger partial charge in [0.15, 0.2) is 5.82 Å². The van der Waals surface area contributed by atoms with Crippen molar-refractivity contribution >= 4 is 11.7 Å². The third-order valence-corrected chi connectivity index (χ3v) is 3.63. The highest BCUT2D eigenvalue weighted by Gasteiger charge is 2.13. The number of methoxy groups -OCH3 is 1. The van der Waals surface area contributed by atoms with Crippen LogP contribution in [0.15, 0.2) is 54.9 Å². The number of aromatic hydroxyl groups is 1. The minimum Gasteiger partial charge on any atom is -0.507 e. The molecule has 0 aliphatic carbocycles. The summed E-state index contributed by atoms with van der Waals surface area (Å²) in [7, 11) is 1.24. The Morgan fingerprint density at radius 1 is 1.15 bits per heavy atom. The lowest BCUT2D eigenvalue weighted by Gasteiger charge is -2.09. The first-order valence-corrected chi connectivity index (χ1v) is 7.78. The molecule has 7 nitrogen and oxygen atoms in total. The smallest absolute Gasteiger partial charge is 0.341 e. The van der Waals surface area contributed by atoms with Gasteiger partial charge in [0.25, 0.3) is 0 Å². The summed E-state index contributed by atoms with van der Waals surface area (Å²) in [4.78, 5) is 20.2. The third kappa shape index (κ3) is 3.89. The van der Waals surface area contributed by atoms with E-state index in [1.54, 1.807) is 30.6 Å². The van der Waals surface area contributed by atoms with E-state index < -0.39 is 5.97 Å². The molecule has 26 heavy (non-hydrogen) atoms. The third-order valence-electron chi connectivity index (χ3n) is 3.63. The number of nitrogens with two attached hydrogens (primary N) is 1. The Morgan fingerprint density at radius 3 is 2.62 bits per heavy atom. The van der Waals surface area contributed by atoms with E-state index in [1.807, 2.05) is 12.1 Å². The first-order chi connectivity index (χ1) is 12.6. The van der Waals surface area contributed by atoms with Crippen molar-refractivity contribution in [2.24, 2.45) is 0 Å². The van der Waals surface area contributed by atoms with Crippen LogP contribution >= 0.6 is 0 Å². The van der Waals surface area contributed by atoms with E-state index >= 15 is 0 Å². The van der Waals surface area contributed by atoms with Crippen LogP contribution in [0.1, 0.15) is 15.9 Å². The molecular formula is C19H17N3O4. The van der Waals surface area contributed by atoms with Gasteiger partial charge in [-0.05, 0) is 30.3 Å². The van der Waals surface area contributed by atoms with Gasteiger partial charge < -0.3 is 20.3 Å². The highest BCUT2D eigenvalue weighted by molar-refractivity contribution is 5.92. The molecule has 1 heterocycles. The molecule has 0 bridgehead atoms. The number of hydrogen-bond donors (Lipinski definition) is 2. The van der Waals surface area contributed by atoms with Crippen LogP contribution in [0.2, 0.25) is 0 Å². The number of phenols is 1. The average Bonchev–Trinajstić information content (AvgIpc) is 2.67. The maximum absolute atomic E-state index is 11.6. The molecule has 0 fully saturated rings. The van der Waals surface area contributed by atoms with Crippen LogP contribution in [0.25, 0.3) is 11.4 Å². The summed E-state index contributed by atoms with van der Waals surface area (Å²) in [5, 5.41) is 9.69. The number of nitrogens with zero attached hydrogens (tertiary/aromatic N) is 2. The molecule has 0 amide bonds. The summed E-state index contributed by atoms with van der Waals surface area (Å²) in [5.74, 6) is 0.184. The number of ether oxygens (including phenoxy) is 2. The molecule has 3 N–H and O–H groups in total. The number of benzene rings is 2. The van der Waals surface area contributed by atoms with Gasteiger partial charge in [0, 0.05) is 29.2 Å². The van der Waals surface area contributed by atoms with Gasteiger partial charge in [-0.25, -0.2) is 14.8 Å². The highest BCUT2D eigenvalue weighted by atomic mass is 16.5. The van der Waals surface area contributed by atoms with Crippen LogP contribution in [0.5, 0.6) is 11.5 Å². The van der Waals surface area contributed by atoms with Crippen LogP contribution in [0.3, 0.4) is 0 Å². The van der Waals surface area contributed by atoms with Crippen LogP contribution in [-0.2, 0) is 11.3 Å². The Kier molecular flexibility index (Phi) is 4.98. The van der Waals surface area contributed by atoms with Crippen molar-refractivity contribution in [3.8, 4) is 22.9 Å². The monoisotopic (exact) mass is 351 g/mol. The first-order valence-electron chi connectivity index (χ1n) is 7.78. The summed E-state index contributed by atoms with van der Waals surface area (Å²) < 4.78 is 10.2. The number of carbonyl (C=O) groups excluding carboxylic acids is 1. The fourth-order valence-electron chi connectivity index (χ4n) is 2.30. The van der Waals surface area contributed by atoms with Crippen LogP contribution in [0, 0.1) is 0 Å². The molecule has 3 aromatic rings. The first kappa shape index (κ1) is 17.2. The van der Waals surface area contributed by atoms with Gasteiger partial charge in [-0.15, -0.1) is 0 Å². The molecule has 0 atom stereocenters. The minimum absolute atomic E-state index is 0.0401. The predicted molar refractivity (Wildman–Crippen MR) is 95.7 cm³/mol. The second-order valence-electron chi connectivity index (χ2n) is 5.50. The number of esters is 1. The molecule has 0 unspecified atom stereocenters. The molecule has 0 saturated heterocycles. The van der Waals surface area contributed by atoms with E-state index in [1.165, 1.54) is 19.2 Å². The van der Waals surface area contributed by atoms with Gasteiger partial charge in [-0.1, -0.05) is 12.1 Å². The Labute approximate surface area is 150 Å². The summed E-state index contributed by atoms with van der Waals surface area (Å²) >= 11 is 0. The maximum Gasteiger partial charge on any atom is 0.341 e. The van der Waals surface area contributed by atoms with Crippen molar-refractivity contribution in [3.63, 3.8) is 0 Å². The normalized spacial score (nSPS) is 10.3. The number of rotatable bonds is 5. The van der Waals surface area contributed by atoms with E-state index in [4.69, 9.17) is 10.5 Å².